The normalized spacial score (nSPS) is 25.8. The van der Waals surface area contributed by atoms with Crippen molar-refractivity contribution in [1.29, 1.82) is 0 Å². The predicted molar refractivity (Wildman–Crippen MR) is 81.5 cm³/mol. The summed E-state index contributed by atoms with van der Waals surface area (Å²) in [5.74, 6) is 0.392. The van der Waals surface area contributed by atoms with Crippen molar-refractivity contribution >= 4 is 5.97 Å². The molecule has 21 heavy (non-hydrogen) atoms. The summed E-state index contributed by atoms with van der Waals surface area (Å²) in [6.45, 7) is 6.13. The lowest BCUT2D eigenvalue weighted by atomic mass is 9.71. The number of rotatable bonds is 5. The smallest absolute Gasteiger partial charge is 0.307 e. The van der Waals surface area contributed by atoms with Gasteiger partial charge in [0.1, 0.15) is 5.75 Å². The summed E-state index contributed by atoms with van der Waals surface area (Å²) < 4.78 is 5.68. The van der Waals surface area contributed by atoms with Crippen molar-refractivity contribution in [3.63, 3.8) is 0 Å². The van der Waals surface area contributed by atoms with Crippen LogP contribution in [0.1, 0.15) is 57.9 Å². The number of aromatic nitrogens is 1. The topological polar surface area (TPSA) is 59.4 Å². The highest BCUT2D eigenvalue weighted by molar-refractivity contribution is 5.71. The van der Waals surface area contributed by atoms with E-state index in [1.54, 1.807) is 12.4 Å². The molecule has 1 saturated carbocycles. The Balaban J connectivity index is 2.24. The largest absolute Gasteiger partial charge is 0.489 e. The molecule has 1 fully saturated rings. The number of nitrogens with zero attached hydrogens (tertiary/aromatic N) is 1. The second kappa shape index (κ2) is 6.92. The van der Waals surface area contributed by atoms with Crippen LogP contribution in [0.5, 0.6) is 5.75 Å². The third-order valence-corrected chi connectivity index (χ3v) is 4.39. The fourth-order valence-electron chi connectivity index (χ4n) is 3.27. The van der Waals surface area contributed by atoms with E-state index < -0.39 is 5.97 Å². The van der Waals surface area contributed by atoms with Gasteiger partial charge in [-0.15, -0.1) is 0 Å². The maximum atomic E-state index is 11.5. The molecule has 4 nitrogen and oxygen atoms in total. The van der Waals surface area contributed by atoms with E-state index in [1.165, 1.54) is 0 Å². The molecule has 1 N–H and O–H groups in total. The summed E-state index contributed by atoms with van der Waals surface area (Å²) >= 11 is 0. The average molecular weight is 291 g/mol. The Bertz CT molecular complexity index is 487. The fourth-order valence-corrected chi connectivity index (χ4v) is 3.27. The van der Waals surface area contributed by atoms with Crippen molar-refractivity contribution in [1.82, 2.24) is 4.98 Å². The van der Waals surface area contributed by atoms with E-state index in [9.17, 15) is 9.90 Å². The van der Waals surface area contributed by atoms with Crippen LogP contribution in [0.4, 0.5) is 0 Å². The van der Waals surface area contributed by atoms with Crippen LogP contribution in [0.25, 0.3) is 0 Å². The highest BCUT2D eigenvalue weighted by Gasteiger charge is 2.35. The first kappa shape index (κ1) is 15.8. The Morgan fingerprint density at radius 3 is 2.81 bits per heavy atom. The number of carboxylic acids is 1. The number of hydrogen-bond acceptors (Lipinski definition) is 3. The minimum Gasteiger partial charge on any atom is -0.489 e. The van der Waals surface area contributed by atoms with Crippen LogP contribution in [-0.2, 0) is 4.79 Å². The Kier molecular flexibility index (Phi) is 5.21. The van der Waals surface area contributed by atoms with E-state index >= 15 is 0 Å². The zero-order chi connectivity index (χ0) is 15.4. The molecule has 0 radical (unpaired) electrons. The van der Waals surface area contributed by atoms with E-state index in [-0.39, 0.29) is 17.9 Å². The van der Waals surface area contributed by atoms with Gasteiger partial charge in [-0.25, -0.2) is 0 Å². The van der Waals surface area contributed by atoms with Gasteiger partial charge in [-0.1, -0.05) is 13.3 Å². The predicted octanol–water partition coefficient (Wildman–Crippen LogP) is 3.86. The molecule has 0 bridgehead atoms. The average Bonchev–Trinajstić information content (AvgIpc) is 2.46. The fraction of sp³-hybridized carbons (Fsp3) is 0.647. The highest BCUT2D eigenvalue weighted by atomic mass is 16.5. The number of hydrogen-bond donors (Lipinski definition) is 1. The van der Waals surface area contributed by atoms with Crippen molar-refractivity contribution in [3.8, 4) is 5.75 Å². The monoisotopic (exact) mass is 291 g/mol. The molecular formula is C17H25NO3. The van der Waals surface area contributed by atoms with E-state index in [4.69, 9.17) is 4.74 Å². The van der Waals surface area contributed by atoms with Gasteiger partial charge in [-0.05, 0) is 56.6 Å². The van der Waals surface area contributed by atoms with Crippen LogP contribution < -0.4 is 4.74 Å². The van der Waals surface area contributed by atoms with Crippen LogP contribution in [0.15, 0.2) is 18.5 Å². The maximum Gasteiger partial charge on any atom is 0.307 e. The number of pyridine rings is 1. The van der Waals surface area contributed by atoms with Crippen molar-refractivity contribution in [2.45, 2.75) is 58.5 Å². The van der Waals surface area contributed by atoms with Crippen LogP contribution in [0.3, 0.4) is 0 Å². The van der Waals surface area contributed by atoms with Gasteiger partial charge in [0.25, 0.3) is 0 Å². The first-order valence-corrected chi connectivity index (χ1v) is 7.85. The second-order valence-electron chi connectivity index (χ2n) is 6.26. The molecular weight excluding hydrogens is 266 g/mol. The molecule has 0 aliphatic heterocycles. The van der Waals surface area contributed by atoms with Gasteiger partial charge in [0.2, 0.25) is 0 Å². The summed E-state index contributed by atoms with van der Waals surface area (Å²) in [7, 11) is 0. The maximum absolute atomic E-state index is 11.5. The summed E-state index contributed by atoms with van der Waals surface area (Å²) in [4.78, 5) is 15.8. The molecule has 116 valence electrons. The van der Waals surface area contributed by atoms with Gasteiger partial charge in [0.15, 0.2) is 0 Å². The molecule has 1 aliphatic rings. The van der Waals surface area contributed by atoms with Crippen LogP contribution in [-0.4, -0.2) is 22.2 Å². The number of carboxylic acid groups (broad SMARTS) is 1. The summed E-state index contributed by atoms with van der Waals surface area (Å²) in [6.07, 6.45) is 7.39. The molecule has 1 aliphatic carbocycles. The molecule has 0 spiro atoms. The molecule has 3 atom stereocenters. The molecule has 2 rings (SSSR count). The van der Waals surface area contributed by atoms with Crippen molar-refractivity contribution < 1.29 is 14.6 Å². The van der Waals surface area contributed by atoms with Gasteiger partial charge in [0, 0.05) is 6.20 Å². The van der Waals surface area contributed by atoms with Crippen molar-refractivity contribution in [2.75, 3.05) is 0 Å². The molecule has 0 amide bonds. The van der Waals surface area contributed by atoms with Crippen molar-refractivity contribution in [3.05, 3.63) is 24.0 Å². The SMILES string of the molecule is CCC1CCC(C(=O)O)C(c2cncc(OC(C)C)c2)C1. The van der Waals surface area contributed by atoms with Gasteiger partial charge < -0.3 is 9.84 Å². The lowest BCUT2D eigenvalue weighted by molar-refractivity contribution is -0.143. The molecule has 3 unspecified atom stereocenters. The minimum absolute atomic E-state index is 0.0458. The van der Waals surface area contributed by atoms with E-state index in [1.807, 2.05) is 19.9 Å². The molecule has 1 aromatic heterocycles. The molecule has 0 aromatic carbocycles. The van der Waals surface area contributed by atoms with Gasteiger partial charge in [-0.3, -0.25) is 9.78 Å². The first-order chi connectivity index (χ1) is 10.0. The number of carbonyl (C=O) groups is 1. The number of ether oxygens (including phenoxy) is 1. The minimum atomic E-state index is -0.690. The Morgan fingerprint density at radius 1 is 1.43 bits per heavy atom. The third-order valence-electron chi connectivity index (χ3n) is 4.39. The van der Waals surface area contributed by atoms with Crippen LogP contribution in [0.2, 0.25) is 0 Å². The lowest BCUT2D eigenvalue weighted by Crippen LogP contribution is -2.29. The summed E-state index contributed by atoms with van der Waals surface area (Å²) in [5.41, 5.74) is 0.999. The summed E-state index contributed by atoms with van der Waals surface area (Å²) in [6, 6.07) is 1.96. The van der Waals surface area contributed by atoms with Crippen molar-refractivity contribution in [2.24, 2.45) is 11.8 Å². The number of aliphatic carboxylic acids is 1. The highest BCUT2D eigenvalue weighted by Crippen LogP contribution is 2.42. The molecule has 1 heterocycles. The third kappa shape index (κ3) is 3.96. The van der Waals surface area contributed by atoms with Gasteiger partial charge in [-0.2, -0.15) is 0 Å². The van der Waals surface area contributed by atoms with Gasteiger partial charge >= 0.3 is 5.97 Å². The van der Waals surface area contributed by atoms with Crippen LogP contribution >= 0.6 is 0 Å². The molecule has 4 heteroatoms. The molecule has 1 aromatic rings. The first-order valence-electron chi connectivity index (χ1n) is 7.85. The lowest BCUT2D eigenvalue weighted by Gasteiger charge is -2.33. The van der Waals surface area contributed by atoms with E-state index in [2.05, 4.69) is 11.9 Å². The van der Waals surface area contributed by atoms with Gasteiger partial charge in [0.05, 0.1) is 18.2 Å². The molecule has 0 saturated heterocycles. The van der Waals surface area contributed by atoms with Crippen LogP contribution in [0, 0.1) is 11.8 Å². The standard InChI is InChI=1S/C17H25NO3/c1-4-12-5-6-15(17(19)20)16(7-12)13-8-14(10-18-9-13)21-11(2)3/h8-12,15-16H,4-7H2,1-3H3,(H,19,20). The Hall–Kier alpha value is -1.58. The Morgan fingerprint density at radius 2 is 2.19 bits per heavy atom. The van der Waals surface area contributed by atoms with E-state index in [0.29, 0.717) is 5.92 Å². The zero-order valence-corrected chi connectivity index (χ0v) is 13.1. The second-order valence-corrected chi connectivity index (χ2v) is 6.26. The van der Waals surface area contributed by atoms with E-state index in [0.717, 1.165) is 37.0 Å². The Labute approximate surface area is 126 Å². The quantitative estimate of drug-likeness (QED) is 0.894. The summed E-state index contributed by atoms with van der Waals surface area (Å²) in [5, 5.41) is 9.49. The zero-order valence-electron chi connectivity index (χ0n) is 13.1.